The third-order valence-electron chi connectivity index (χ3n) is 6.85. The number of methoxy groups -OCH3 is 3. The molecule has 0 saturated carbocycles. The number of aromatic nitrogens is 3. The van der Waals surface area contributed by atoms with Gasteiger partial charge in [-0.1, -0.05) is 12.1 Å². The number of benzene rings is 2. The smallest absolute Gasteiger partial charge is 0.383 e. The standard InChI is InChI=1S/C29H33F4N7O4/c1-42-12-10-39(11-13-43-2)15-24-21(16-44-3)25(26-27(34)38-35-17-40(24)26)18-4-7-20(8-5-18)36-28(41)37-23-14-19(29(31,32)33)6-9-22(23)30/h4-9,14,17H,10-13,15-16H2,1-3H3,(H2,34,38)(H2,36,37,41). The van der Waals surface area contributed by atoms with Crippen molar-refractivity contribution in [3.63, 3.8) is 0 Å². The first kappa shape index (κ1) is 32.6. The second-order valence-electron chi connectivity index (χ2n) is 9.78. The van der Waals surface area contributed by atoms with Gasteiger partial charge in [-0.2, -0.15) is 13.2 Å². The van der Waals surface area contributed by atoms with E-state index >= 15 is 0 Å². The number of amides is 2. The summed E-state index contributed by atoms with van der Waals surface area (Å²) in [5, 5.41) is 12.7. The molecule has 2 aromatic carbocycles. The number of hydrogen-bond acceptors (Lipinski definition) is 8. The monoisotopic (exact) mass is 619 g/mol. The van der Waals surface area contributed by atoms with Gasteiger partial charge in [-0.25, -0.2) is 9.18 Å². The van der Waals surface area contributed by atoms with E-state index in [0.29, 0.717) is 62.3 Å². The summed E-state index contributed by atoms with van der Waals surface area (Å²) in [6.45, 7) is 3.09. The van der Waals surface area contributed by atoms with Gasteiger partial charge in [0.2, 0.25) is 0 Å². The first-order chi connectivity index (χ1) is 21.1. The maximum Gasteiger partial charge on any atom is 0.416 e. The van der Waals surface area contributed by atoms with Gasteiger partial charge in [0.05, 0.1) is 36.6 Å². The molecule has 0 radical (unpaired) electrons. The molecule has 0 fully saturated rings. The van der Waals surface area contributed by atoms with Crippen molar-refractivity contribution in [1.82, 2.24) is 19.5 Å². The molecule has 0 spiro atoms. The molecule has 11 nitrogen and oxygen atoms in total. The summed E-state index contributed by atoms with van der Waals surface area (Å²) in [6.07, 6.45) is -3.11. The number of hydrogen-bond donors (Lipinski definition) is 3. The fourth-order valence-electron chi connectivity index (χ4n) is 4.76. The molecule has 236 valence electrons. The molecular weight excluding hydrogens is 586 g/mol. The maximum atomic E-state index is 14.1. The molecule has 15 heteroatoms. The fraction of sp³-hybridized carbons (Fsp3) is 0.345. The van der Waals surface area contributed by atoms with E-state index in [1.165, 1.54) is 0 Å². The number of halogens is 4. The van der Waals surface area contributed by atoms with Crippen LogP contribution in [-0.2, 0) is 33.5 Å². The zero-order chi connectivity index (χ0) is 31.9. The lowest BCUT2D eigenvalue weighted by Gasteiger charge is -2.22. The third kappa shape index (κ3) is 7.60. The van der Waals surface area contributed by atoms with Gasteiger partial charge >= 0.3 is 12.2 Å². The fourth-order valence-corrected chi connectivity index (χ4v) is 4.76. The van der Waals surface area contributed by atoms with E-state index in [2.05, 4.69) is 25.7 Å². The van der Waals surface area contributed by atoms with Crippen LogP contribution in [0.15, 0.2) is 48.8 Å². The highest BCUT2D eigenvalue weighted by Crippen LogP contribution is 2.37. The average Bonchev–Trinajstić information content (AvgIpc) is 3.29. The average molecular weight is 620 g/mol. The molecule has 0 bridgehead atoms. The summed E-state index contributed by atoms with van der Waals surface area (Å²) in [5.41, 5.74) is 8.80. The molecule has 0 aliphatic rings. The molecular formula is C29H33F4N7O4. The zero-order valence-corrected chi connectivity index (χ0v) is 24.4. The Balaban J connectivity index is 1.64. The predicted molar refractivity (Wildman–Crippen MR) is 157 cm³/mol. The number of nitrogens with one attached hydrogen (secondary N) is 2. The van der Waals surface area contributed by atoms with E-state index in [4.69, 9.17) is 19.9 Å². The SMILES string of the molecule is COCCN(CCOC)Cc1c(COC)c(-c2ccc(NC(=O)Nc3cc(C(F)(F)F)ccc3F)cc2)c2c(N)nncn12. The van der Waals surface area contributed by atoms with Crippen LogP contribution in [0.1, 0.15) is 16.8 Å². The van der Waals surface area contributed by atoms with Crippen molar-refractivity contribution in [3.05, 3.63) is 71.4 Å². The van der Waals surface area contributed by atoms with Crippen molar-refractivity contribution in [2.75, 3.05) is 64.0 Å². The van der Waals surface area contributed by atoms with Gasteiger partial charge < -0.3 is 30.6 Å². The van der Waals surface area contributed by atoms with E-state index in [1.54, 1.807) is 51.9 Å². The minimum Gasteiger partial charge on any atom is -0.383 e. The van der Waals surface area contributed by atoms with Crippen LogP contribution in [0.3, 0.4) is 0 Å². The zero-order valence-electron chi connectivity index (χ0n) is 24.4. The van der Waals surface area contributed by atoms with Crippen molar-refractivity contribution >= 4 is 28.7 Å². The van der Waals surface area contributed by atoms with Crippen LogP contribution in [0, 0.1) is 5.82 Å². The lowest BCUT2D eigenvalue weighted by Crippen LogP contribution is -2.31. The molecule has 44 heavy (non-hydrogen) atoms. The van der Waals surface area contributed by atoms with Gasteiger partial charge in [-0.15, -0.1) is 10.2 Å². The van der Waals surface area contributed by atoms with Gasteiger partial charge in [-0.05, 0) is 35.9 Å². The Bertz CT molecular complexity index is 1570. The second-order valence-corrected chi connectivity index (χ2v) is 9.78. The van der Waals surface area contributed by atoms with Crippen LogP contribution in [0.2, 0.25) is 0 Å². The molecule has 2 heterocycles. The van der Waals surface area contributed by atoms with Crippen LogP contribution >= 0.6 is 0 Å². The molecule has 2 amide bonds. The lowest BCUT2D eigenvalue weighted by atomic mass is 10.0. The minimum absolute atomic E-state index is 0.205. The van der Waals surface area contributed by atoms with E-state index in [0.717, 1.165) is 22.4 Å². The first-order valence-corrected chi connectivity index (χ1v) is 13.4. The van der Waals surface area contributed by atoms with Crippen molar-refractivity contribution in [2.45, 2.75) is 19.3 Å². The Morgan fingerprint density at radius 1 is 1.00 bits per heavy atom. The first-order valence-electron chi connectivity index (χ1n) is 13.4. The van der Waals surface area contributed by atoms with Crippen molar-refractivity contribution in [1.29, 1.82) is 0 Å². The Morgan fingerprint density at radius 2 is 1.68 bits per heavy atom. The third-order valence-corrected chi connectivity index (χ3v) is 6.85. The molecule has 0 aliphatic carbocycles. The largest absolute Gasteiger partial charge is 0.416 e. The summed E-state index contributed by atoms with van der Waals surface area (Å²) >= 11 is 0. The van der Waals surface area contributed by atoms with Crippen molar-refractivity contribution < 1.29 is 36.6 Å². The van der Waals surface area contributed by atoms with Gasteiger partial charge in [-0.3, -0.25) is 9.30 Å². The number of anilines is 3. The highest BCUT2D eigenvalue weighted by Gasteiger charge is 2.31. The Morgan fingerprint density at radius 3 is 2.30 bits per heavy atom. The van der Waals surface area contributed by atoms with Crippen LogP contribution in [-0.4, -0.2) is 73.2 Å². The van der Waals surface area contributed by atoms with Crippen LogP contribution < -0.4 is 16.4 Å². The predicted octanol–water partition coefficient (Wildman–Crippen LogP) is 5.02. The summed E-state index contributed by atoms with van der Waals surface area (Å²) in [4.78, 5) is 14.7. The second kappa shape index (κ2) is 14.4. The summed E-state index contributed by atoms with van der Waals surface area (Å²) in [5.74, 6) is -0.801. The van der Waals surface area contributed by atoms with Crippen LogP contribution in [0.4, 0.5) is 39.5 Å². The quantitative estimate of drug-likeness (QED) is 0.178. The van der Waals surface area contributed by atoms with E-state index in [1.807, 2.05) is 4.40 Å². The van der Waals surface area contributed by atoms with Gasteiger partial charge in [0.15, 0.2) is 5.82 Å². The normalized spacial score (nSPS) is 11.8. The number of nitrogens with zero attached hydrogens (tertiary/aromatic N) is 4. The number of urea groups is 1. The molecule has 0 saturated heterocycles. The minimum atomic E-state index is -4.69. The summed E-state index contributed by atoms with van der Waals surface area (Å²) in [7, 11) is 4.86. The number of nitrogens with two attached hydrogens (primary N) is 1. The molecule has 4 rings (SSSR count). The molecule has 0 aliphatic heterocycles. The Labute approximate surface area is 250 Å². The van der Waals surface area contributed by atoms with Crippen molar-refractivity contribution in [3.8, 4) is 11.1 Å². The highest BCUT2D eigenvalue weighted by atomic mass is 19.4. The van der Waals surface area contributed by atoms with Gasteiger partial charge in [0.1, 0.15) is 12.1 Å². The molecule has 2 aromatic heterocycles. The number of ether oxygens (including phenoxy) is 3. The summed E-state index contributed by atoms with van der Waals surface area (Å²) in [6, 6.07) is 7.55. The van der Waals surface area contributed by atoms with E-state index < -0.39 is 29.3 Å². The molecule has 0 atom stereocenters. The number of alkyl halides is 3. The van der Waals surface area contributed by atoms with E-state index in [9.17, 15) is 22.4 Å². The molecule has 4 N–H and O–H groups in total. The number of nitrogen functional groups attached to an aromatic ring is 1. The topological polar surface area (TPSA) is 128 Å². The number of carbonyl (C=O) groups excluding carboxylic acids is 1. The lowest BCUT2D eigenvalue weighted by molar-refractivity contribution is -0.137. The molecule has 0 unspecified atom stereocenters. The molecule has 4 aromatic rings. The highest BCUT2D eigenvalue weighted by molar-refractivity contribution is 6.00. The van der Waals surface area contributed by atoms with Crippen molar-refractivity contribution in [2.24, 2.45) is 0 Å². The van der Waals surface area contributed by atoms with Crippen LogP contribution in [0.5, 0.6) is 0 Å². The number of carbonyl (C=O) groups is 1. The van der Waals surface area contributed by atoms with Crippen LogP contribution in [0.25, 0.3) is 16.6 Å². The number of rotatable bonds is 13. The maximum absolute atomic E-state index is 14.1. The number of fused-ring (bicyclic) bond motifs is 1. The Kier molecular flexibility index (Phi) is 10.7. The summed E-state index contributed by atoms with van der Waals surface area (Å²) < 4.78 is 71.3. The van der Waals surface area contributed by atoms with Gasteiger partial charge in [0.25, 0.3) is 0 Å². The Hall–Kier alpha value is -4.31. The van der Waals surface area contributed by atoms with E-state index in [-0.39, 0.29) is 12.4 Å². The van der Waals surface area contributed by atoms with Gasteiger partial charge in [0, 0.05) is 63.5 Å².